The summed E-state index contributed by atoms with van der Waals surface area (Å²) in [5.74, 6) is -0.994. The number of hydrogen-bond donors (Lipinski definition) is 8. The maximum atomic E-state index is 13.4. The van der Waals surface area contributed by atoms with Crippen LogP contribution in [0.5, 0.6) is 46.0 Å². The average Bonchev–Trinajstić information content (AvgIpc) is 0.847. The van der Waals surface area contributed by atoms with E-state index >= 15 is 0 Å². The van der Waals surface area contributed by atoms with Crippen molar-refractivity contribution < 1.29 is 168 Å². The Morgan fingerprint density at radius 2 is 0.549 bits per heavy atom. The first-order valence-electron chi connectivity index (χ1n) is 48.2. The molecule has 0 unspecified atom stereocenters. The Balaban J connectivity index is 0.000000198. The first kappa shape index (κ1) is 115. The molecule has 754 valence electrons. The Kier molecular flexibility index (Phi) is 47.1. The van der Waals surface area contributed by atoms with Gasteiger partial charge in [0, 0.05) is 49.3 Å². The number of esters is 5. The van der Waals surface area contributed by atoms with E-state index in [1.54, 1.807) is 141 Å². The van der Waals surface area contributed by atoms with Crippen molar-refractivity contribution in [1.82, 2.24) is 21.9 Å². The maximum Gasteiger partial charge on any atom is 1.00 e. The van der Waals surface area contributed by atoms with Gasteiger partial charge >= 0.3 is 81.2 Å². The maximum absolute atomic E-state index is 13.4. The second-order valence-corrected chi connectivity index (χ2v) is 36.3. The molecular formula is C114H126ClKN4O24. The molecule has 0 bridgehead atoms. The predicted molar refractivity (Wildman–Crippen MR) is 536 cm³/mol. The third kappa shape index (κ3) is 36.0. The van der Waals surface area contributed by atoms with Gasteiger partial charge in [-0.2, -0.15) is 0 Å². The van der Waals surface area contributed by atoms with Crippen LogP contribution in [0.2, 0.25) is 0 Å². The quantitative estimate of drug-likeness (QED) is 0.00592. The van der Waals surface area contributed by atoms with Crippen LogP contribution in [0.25, 0.3) is 0 Å². The molecule has 8 N–H and O–H groups in total. The molecule has 0 aromatic heterocycles. The fourth-order valence-corrected chi connectivity index (χ4v) is 17.2. The van der Waals surface area contributed by atoms with E-state index in [0.717, 1.165) is 142 Å². The van der Waals surface area contributed by atoms with E-state index in [4.69, 9.17) is 64.8 Å². The van der Waals surface area contributed by atoms with Crippen LogP contribution in [-0.4, -0.2) is 98.1 Å². The summed E-state index contributed by atoms with van der Waals surface area (Å²) >= 11 is 5.85. The van der Waals surface area contributed by atoms with Crippen molar-refractivity contribution in [3.63, 3.8) is 0 Å². The van der Waals surface area contributed by atoms with Gasteiger partial charge in [-0.05, 0) is 260 Å². The molecule has 11 aromatic carbocycles. The number of carbonyl (C=O) groups is 10. The third-order valence-electron chi connectivity index (χ3n) is 25.2. The number of rotatable bonds is 27. The smallest absolute Gasteiger partial charge is 0.850 e. The second-order valence-electron chi connectivity index (χ2n) is 36.0. The SMILES string of the molecule is C1CCOC1.CC(=O)Oc1ccc(C2(C(=O)Cl)CCCCC2)cc1.CC(=O)Oc1ccc(C2(C(=O)Oc3ccc(C(=O)NOCc4ccccc4)cc3)CCCCC2)cc1.CCC(C)(C)[O-].O=C(NO)c1ccc(OC(=O)C2(c3ccc(O)cc3)CCCCC2)cc1.O=C(NOCc1ccccc1)c1ccc(O)cc1.O=C(NOCc1ccccc1)c1ccc(OC(=O)C2(c3ccc(O)cc3)CCCCC2)cc1.[K+]. The fraction of sp³-hybridized carbons (Fsp3) is 0.333. The number of ether oxygens (including phenoxy) is 6. The molecule has 0 atom stereocenters. The number of aromatic hydroxyl groups is 3. The van der Waals surface area contributed by atoms with Crippen LogP contribution in [0.3, 0.4) is 0 Å². The van der Waals surface area contributed by atoms with Crippen LogP contribution >= 0.6 is 11.6 Å². The van der Waals surface area contributed by atoms with Crippen molar-refractivity contribution in [3.8, 4) is 46.0 Å². The molecule has 5 fully saturated rings. The Morgan fingerprint density at radius 1 is 0.326 bits per heavy atom. The Bertz CT molecular complexity index is 5830. The van der Waals surface area contributed by atoms with Crippen LogP contribution in [0.15, 0.2) is 285 Å². The van der Waals surface area contributed by atoms with E-state index < -0.39 is 39.1 Å². The van der Waals surface area contributed by atoms with Gasteiger partial charge in [0.15, 0.2) is 0 Å². The largest absolute Gasteiger partial charge is 1.00 e. The monoisotopic (exact) mass is 2010 g/mol. The Morgan fingerprint density at radius 3 is 0.785 bits per heavy atom. The van der Waals surface area contributed by atoms with Gasteiger partial charge in [0.05, 0.1) is 41.5 Å². The standard InChI is InChI=1S/C29H29NO6.C27H27NO5.C20H21NO5.C15H17ClO3.C14H13NO3.C5H11O.C4H8O.K/c1-21(31)35-25-16-12-24(13-17-25)29(18-6-3-7-19-29)28(33)36-26-14-10-23(11-15-26)27(32)30-34-20-22-8-4-2-5-9-22;29-23-13-11-22(12-14-23)27(17-5-2-6-18-27)26(31)33-24-15-9-21(10-16-24)25(30)28-32-19-20-7-3-1-4-8-20;22-16-8-6-15(7-9-16)20(12-2-1-3-13-20)19(24)26-17-10-4-14(5-11-17)18(23)21-25;1-11(17)19-13-7-5-12(6-8-13)15(14(16)18)9-3-2-4-10-15;16-13-8-6-12(7-9-13)14(17)15-18-10-11-4-2-1-3-5-11;1-4-5(2,3)6;1-2-4-5-3-1;/h2,4-5,8-17H,3,6-7,18-20H2,1H3,(H,30,32);1,3-4,7-16,29H,2,5-6,17-19H2,(H,28,30);4-11,22,25H,1-3,12-13H2,(H,21,23);5-8H,2-4,9-10H2,1H3;1-9,16H,10H2,(H,15,17);4H2,1-3H3;1-4H2;/q;;;;;-1;;+1. The van der Waals surface area contributed by atoms with Gasteiger partial charge in [0.25, 0.3) is 23.6 Å². The minimum absolute atomic E-state index is 0. The molecule has 4 aliphatic carbocycles. The number of halogens is 1. The zero-order chi connectivity index (χ0) is 102. The topological polar surface area (TPSA) is 406 Å². The van der Waals surface area contributed by atoms with Gasteiger partial charge in [-0.25, -0.2) is 21.9 Å². The van der Waals surface area contributed by atoms with Crippen LogP contribution in [-0.2, 0) is 89.5 Å². The van der Waals surface area contributed by atoms with Gasteiger partial charge in [-0.3, -0.25) is 67.7 Å². The summed E-state index contributed by atoms with van der Waals surface area (Å²) < 4.78 is 32.2. The first-order chi connectivity index (χ1) is 68.9. The number of hydrogen-bond acceptors (Lipinski definition) is 24. The predicted octanol–water partition coefficient (Wildman–Crippen LogP) is 17.8. The summed E-state index contributed by atoms with van der Waals surface area (Å²) in [5, 5.41) is 47.1. The molecule has 144 heavy (non-hydrogen) atoms. The zero-order valence-electron chi connectivity index (χ0n) is 82.3. The summed E-state index contributed by atoms with van der Waals surface area (Å²) in [7, 11) is 0. The summed E-state index contributed by atoms with van der Waals surface area (Å²) in [6, 6.07) is 81.0. The van der Waals surface area contributed by atoms with E-state index in [-0.39, 0.29) is 134 Å². The summed E-state index contributed by atoms with van der Waals surface area (Å²) in [4.78, 5) is 137. The molecule has 5 aliphatic rings. The zero-order valence-corrected chi connectivity index (χ0v) is 86.1. The first-order valence-corrected chi connectivity index (χ1v) is 48.6. The van der Waals surface area contributed by atoms with Gasteiger partial charge < -0.3 is 48.8 Å². The number of phenols is 3. The van der Waals surface area contributed by atoms with Crippen LogP contribution < -0.4 is 102 Å². The number of nitrogens with one attached hydrogen (secondary N) is 4. The Hall–Kier alpha value is -12.6. The van der Waals surface area contributed by atoms with E-state index in [1.807, 2.05) is 122 Å². The summed E-state index contributed by atoms with van der Waals surface area (Å²) in [6.07, 6.45) is 21.0. The molecular weight excluding hydrogens is 1880 g/mol. The minimum atomic E-state index is -0.770. The molecule has 4 saturated carbocycles. The van der Waals surface area contributed by atoms with Gasteiger partial charge in [0.2, 0.25) is 5.24 Å². The molecule has 16 rings (SSSR count). The van der Waals surface area contributed by atoms with E-state index in [0.29, 0.717) is 97.0 Å². The van der Waals surface area contributed by atoms with Crippen molar-refractivity contribution in [1.29, 1.82) is 0 Å². The van der Waals surface area contributed by atoms with E-state index in [2.05, 4.69) is 16.4 Å². The molecule has 4 amide bonds. The molecule has 11 aromatic rings. The molecule has 30 heteroatoms. The number of phenolic OH excluding ortho intramolecular Hbond substituents is 3. The number of carbonyl (C=O) groups excluding carboxylic acids is 10. The Labute approximate surface area is 887 Å². The molecule has 28 nitrogen and oxygen atoms in total. The summed E-state index contributed by atoms with van der Waals surface area (Å²) in [5.41, 5.74) is 13.1. The van der Waals surface area contributed by atoms with E-state index in [9.17, 15) is 63.3 Å². The number of benzene rings is 11. The van der Waals surface area contributed by atoms with Crippen molar-refractivity contribution in [3.05, 3.63) is 346 Å². The molecule has 0 radical (unpaired) electrons. The normalized spacial score (nSPS) is 14.8. The molecule has 0 spiro atoms. The summed E-state index contributed by atoms with van der Waals surface area (Å²) in [6.45, 7) is 10.8. The van der Waals surface area contributed by atoms with Gasteiger partial charge in [-0.15, -0.1) is 5.60 Å². The van der Waals surface area contributed by atoms with Crippen molar-refractivity contribution in [2.24, 2.45) is 0 Å². The number of hydroxylamine groups is 4. The van der Waals surface area contributed by atoms with Crippen LogP contribution in [0.4, 0.5) is 0 Å². The van der Waals surface area contributed by atoms with Crippen molar-refractivity contribution in [2.45, 2.75) is 229 Å². The van der Waals surface area contributed by atoms with Gasteiger partial charge in [0.1, 0.15) is 46.0 Å². The van der Waals surface area contributed by atoms with Crippen molar-refractivity contribution >= 4 is 70.3 Å². The number of amides is 4. The molecule has 1 heterocycles. The average molecular weight is 2010 g/mol. The van der Waals surface area contributed by atoms with Crippen LogP contribution in [0.1, 0.15) is 263 Å². The van der Waals surface area contributed by atoms with Crippen molar-refractivity contribution in [2.75, 3.05) is 13.2 Å². The van der Waals surface area contributed by atoms with Gasteiger partial charge in [-0.1, -0.05) is 244 Å². The molecule has 1 aliphatic heterocycles. The fourth-order valence-electron chi connectivity index (χ4n) is 16.9. The third-order valence-corrected chi connectivity index (χ3v) is 25.5. The minimum Gasteiger partial charge on any atom is -0.850 e. The van der Waals surface area contributed by atoms with E-state index in [1.165, 1.54) is 75.2 Å². The molecule has 1 saturated heterocycles. The second kappa shape index (κ2) is 59.0. The van der Waals surface area contributed by atoms with Crippen LogP contribution in [0, 0.1) is 0 Å².